The van der Waals surface area contributed by atoms with Gasteiger partial charge < -0.3 is 9.47 Å². The van der Waals surface area contributed by atoms with Gasteiger partial charge in [0.2, 0.25) is 0 Å². The maximum Gasteiger partial charge on any atom is 0.161 e. The van der Waals surface area contributed by atoms with E-state index >= 15 is 0 Å². The summed E-state index contributed by atoms with van der Waals surface area (Å²) in [7, 11) is 0. The van der Waals surface area contributed by atoms with E-state index in [4.69, 9.17) is 9.47 Å². The van der Waals surface area contributed by atoms with Crippen LogP contribution in [0.2, 0.25) is 0 Å². The molecule has 2 nitrogen and oxygen atoms in total. The highest BCUT2D eigenvalue weighted by Gasteiger charge is 2.07. The minimum atomic E-state index is 0.606. The smallest absolute Gasteiger partial charge is 0.161 e. The Morgan fingerprint density at radius 3 is 2.18 bits per heavy atom. The summed E-state index contributed by atoms with van der Waals surface area (Å²) >= 11 is 6.98. The van der Waals surface area contributed by atoms with Crippen molar-refractivity contribution in [2.75, 3.05) is 23.9 Å². The van der Waals surface area contributed by atoms with Crippen LogP contribution < -0.4 is 9.47 Å². The molecule has 0 radical (unpaired) electrons. The van der Waals surface area contributed by atoms with E-state index in [1.165, 1.54) is 0 Å². The van der Waals surface area contributed by atoms with Crippen LogP contribution in [0.5, 0.6) is 11.5 Å². The lowest BCUT2D eigenvalue weighted by molar-refractivity contribution is 0.263. The van der Waals surface area contributed by atoms with Crippen molar-refractivity contribution in [1.29, 1.82) is 0 Å². The fraction of sp³-hybridized carbons (Fsp3) is 0.538. The highest BCUT2D eigenvalue weighted by molar-refractivity contribution is 9.09. The Labute approximate surface area is 120 Å². The number of rotatable bonds is 8. The molecule has 0 aromatic heterocycles. The third-order valence-corrected chi connectivity index (χ3v) is 4.20. The van der Waals surface area contributed by atoms with Crippen LogP contribution in [0.4, 0.5) is 0 Å². The van der Waals surface area contributed by atoms with Gasteiger partial charge in [-0.1, -0.05) is 44.0 Å². The maximum absolute atomic E-state index is 5.76. The number of para-hydroxylation sites is 2. The van der Waals surface area contributed by atoms with Crippen LogP contribution in [0.1, 0.15) is 13.3 Å². The van der Waals surface area contributed by atoms with Crippen molar-refractivity contribution in [3.63, 3.8) is 0 Å². The monoisotopic (exact) mass is 364 g/mol. The van der Waals surface area contributed by atoms with Gasteiger partial charge in [-0.3, -0.25) is 0 Å². The van der Waals surface area contributed by atoms with E-state index in [0.717, 1.165) is 28.6 Å². The van der Waals surface area contributed by atoms with Crippen molar-refractivity contribution in [2.24, 2.45) is 5.92 Å². The molecule has 0 N–H and O–H groups in total. The minimum Gasteiger partial charge on any atom is -0.490 e. The maximum atomic E-state index is 5.76. The normalized spacial score (nSPS) is 10.6. The average Bonchev–Trinajstić information content (AvgIpc) is 2.37. The highest BCUT2D eigenvalue weighted by atomic mass is 79.9. The summed E-state index contributed by atoms with van der Waals surface area (Å²) in [5.74, 6) is 2.26. The molecule has 1 aromatic rings. The van der Waals surface area contributed by atoms with E-state index in [0.29, 0.717) is 19.1 Å². The van der Waals surface area contributed by atoms with E-state index in [1.54, 1.807) is 0 Å². The van der Waals surface area contributed by atoms with Crippen molar-refractivity contribution in [3.8, 4) is 11.5 Å². The molecule has 0 spiro atoms. The molecule has 96 valence electrons. The van der Waals surface area contributed by atoms with Gasteiger partial charge in [-0.25, -0.2) is 0 Å². The molecule has 0 amide bonds. The number of ether oxygens (including phenoxy) is 2. The molecule has 1 aromatic carbocycles. The van der Waals surface area contributed by atoms with Gasteiger partial charge in [0, 0.05) is 10.7 Å². The first-order chi connectivity index (χ1) is 8.31. The molecular weight excluding hydrogens is 348 g/mol. The van der Waals surface area contributed by atoms with E-state index in [-0.39, 0.29) is 0 Å². The second-order valence-electron chi connectivity index (χ2n) is 3.69. The second kappa shape index (κ2) is 8.81. The summed E-state index contributed by atoms with van der Waals surface area (Å²) in [5, 5.41) is 1.99. The Hall–Kier alpha value is -0.220. The fourth-order valence-corrected chi connectivity index (χ4v) is 3.09. The van der Waals surface area contributed by atoms with Crippen molar-refractivity contribution >= 4 is 31.9 Å². The van der Waals surface area contributed by atoms with Crippen molar-refractivity contribution in [3.05, 3.63) is 24.3 Å². The molecule has 17 heavy (non-hydrogen) atoms. The van der Waals surface area contributed by atoms with Gasteiger partial charge in [0.25, 0.3) is 0 Å². The van der Waals surface area contributed by atoms with Crippen molar-refractivity contribution in [2.45, 2.75) is 13.3 Å². The Morgan fingerprint density at radius 1 is 1.06 bits per heavy atom. The lowest BCUT2D eigenvalue weighted by Crippen LogP contribution is -2.10. The Balaban J connectivity index is 2.45. The zero-order valence-corrected chi connectivity index (χ0v) is 13.2. The van der Waals surface area contributed by atoms with E-state index in [2.05, 4.69) is 31.9 Å². The predicted octanol–water partition coefficient (Wildman–Crippen LogP) is 4.26. The first-order valence-electron chi connectivity index (χ1n) is 5.78. The zero-order valence-electron chi connectivity index (χ0n) is 9.99. The average molecular weight is 366 g/mol. The molecule has 1 rings (SSSR count). The van der Waals surface area contributed by atoms with Gasteiger partial charge in [0.1, 0.15) is 0 Å². The quantitative estimate of drug-likeness (QED) is 0.641. The second-order valence-corrected chi connectivity index (χ2v) is 4.99. The number of benzene rings is 1. The van der Waals surface area contributed by atoms with Crippen molar-refractivity contribution in [1.82, 2.24) is 0 Å². The summed E-state index contributed by atoms with van der Waals surface area (Å²) < 4.78 is 11.3. The van der Waals surface area contributed by atoms with E-state index in [9.17, 15) is 0 Å². The molecular formula is C13H18Br2O2. The summed E-state index contributed by atoms with van der Waals surface area (Å²) in [6, 6.07) is 7.80. The topological polar surface area (TPSA) is 18.5 Å². The van der Waals surface area contributed by atoms with Gasteiger partial charge >= 0.3 is 0 Å². The highest BCUT2D eigenvalue weighted by Crippen LogP contribution is 2.26. The Morgan fingerprint density at radius 2 is 1.65 bits per heavy atom. The first-order valence-corrected chi connectivity index (χ1v) is 8.02. The molecule has 0 heterocycles. The molecule has 0 unspecified atom stereocenters. The van der Waals surface area contributed by atoms with E-state index < -0.39 is 0 Å². The van der Waals surface area contributed by atoms with Gasteiger partial charge in [0.15, 0.2) is 11.5 Å². The molecule has 0 fully saturated rings. The van der Waals surface area contributed by atoms with Gasteiger partial charge in [-0.15, -0.1) is 0 Å². The molecule has 0 bridgehead atoms. The first kappa shape index (κ1) is 14.8. The van der Waals surface area contributed by atoms with Gasteiger partial charge in [0.05, 0.1) is 13.2 Å². The summed E-state index contributed by atoms with van der Waals surface area (Å²) in [4.78, 5) is 0. The molecule has 0 aliphatic carbocycles. The lowest BCUT2D eigenvalue weighted by Gasteiger charge is -2.14. The van der Waals surface area contributed by atoms with Crippen LogP contribution in [0, 0.1) is 5.92 Å². The Kier molecular flexibility index (Phi) is 7.69. The fourth-order valence-electron chi connectivity index (χ4n) is 1.38. The molecule has 0 saturated carbocycles. The molecule has 4 heteroatoms. The summed E-state index contributed by atoms with van der Waals surface area (Å²) in [5.41, 5.74) is 0. The van der Waals surface area contributed by atoms with Crippen LogP contribution in [-0.2, 0) is 0 Å². The third-order valence-electron chi connectivity index (χ3n) is 2.37. The summed E-state index contributed by atoms with van der Waals surface area (Å²) in [6.45, 7) is 3.35. The largest absolute Gasteiger partial charge is 0.490 e. The number of hydrogen-bond donors (Lipinski definition) is 0. The van der Waals surface area contributed by atoms with Crippen LogP contribution in [-0.4, -0.2) is 23.9 Å². The standard InChI is InChI=1S/C13H18Br2O2/c1-2-16-12-5-3-4-6-13(12)17-8-7-11(9-14)10-15/h3-6,11H,2,7-10H2,1H3. The van der Waals surface area contributed by atoms with E-state index in [1.807, 2.05) is 31.2 Å². The van der Waals surface area contributed by atoms with Crippen LogP contribution >= 0.6 is 31.9 Å². The SMILES string of the molecule is CCOc1ccccc1OCCC(CBr)CBr. The van der Waals surface area contributed by atoms with Crippen molar-refractivity contribution < 1.29 is 9.47 Å². The van der Waals surface area contributed by atoms with Gasteiger partial charge in [-0.2, -0.15) is 0 Å². The predicted molar refractivity (Wildman–Crippen MR) is 78.8 cm³/mol. The third kappa shape index (κ3) is 5.30. The molecule has 0 aliphatic heterocycles. The number of alkyl halides is 2. The number of halogens is 2. The van der Waals surface area contributed by atoms with Crippen LogP contribution in [0.3, 0.4) is 0 Å². The van der Waals surface area contributed by atoms with Crippen LogP contribution in [0.15, 0.2) is 24.3 Å². The number of hydrogen-bond acceptors (Lipinski definition) is 2. The molecule has 0 atom stereocenters. The minimum absolute atomic E-state index is 0.606. The summed E-state index contributed by atoms with van der Waals surface area (Å²) in [6.07, 6.45) is 1.02. The van der Waals surface area contributed by atoms with Crippen LogP contribution in [0.25, 0.3) is 0 Å². The lowest BCUT2D eigenvalue weighted by atomic mass is 10.1. The Bertz CT molecular complexity index is 314. The van der Waals surface area contributed by atoms with Gasteiger partial charge in [-0.05, 0) is 31.4 Å². The molecule has 0 saturated heterocycles. The molecule has 0 aliphatic rings. The zero-order chi connectivity index (χ0) is 12.5.